The van der Waals surface area contributed by atoms with E-state index in [1.54, 1.807) is 4.68 Å². The van der Waals surface area contributed by atoms with Gasteiger partial charge in [-0.3, -0.25) is 0 Å². The van der Waals surface area contributed by atoms with Crippen LogP contribution in [-0.2, 0) is 7.05 Å². The molecule has 0 bridgehead atoms. The molecule has 5 nitrogen and oxygen atoms in total. The van der Waals surface area contributed by atoms with Crippen molar-refractivity contribution in [1.29, 1.82) is 0 Å². The maximum atomic E-state index is 4.41. The van der Waals surface area contributed by atoms with Gasteiger partial charge < -0.3 is 5.32 Å². The molecule has 2 heterocycles. The summed E-state index contributed by atoms with van der Waals surface area (Å²) in [4.78, 5) is 4.41. The Morgan fingerprint density at radius 2 is 2.20 bits per heavy atom. The number of pyridine rings is 1. The van der Waals surface area contributed by atoms with E-state index in [1.165, 1.54) is 0 Å². The van der Waals surface area contributed by atoms with E-state index >= 15 is 0 Å². The first-order valence-corrected chi connectivity index (χ1v) is 5.22. The number of hydrogen-bond donors (Lipinski definition) is 1. The fourth-order valence-corrected chi connectivity index (χ4v) is 1.84. The van der Waals surface area contributed by atoms with Crippen LogP contribution in [0.25, 0.3) is 11.4 Å². The summed E-state index contributed by atoms with van der Waals surface area (Å²) >= 11 is 3.35. The molecule has 2 aromatic heterocycles. The van der Waals surface area contributed by atoms with Crippen LogP contribution in [0.3, 0.4) is 0 Å². The van der Waals surface area contributed by atoms with E-state index in [-0.39, 0.29) is 0 Å². The van der Waals surface area contributed by atoms with Crippen LogP contribution < -0.4 is 5.32 Å². The van der Waals surface area contributed by atoms with E-state index in [1.807, 2.05) is 32.3 Å². The molecule has 0 amide bonds. The van der Waals surface area contributed by atoms with Gasteiger partial charge in [0.25, 0.3) is 0 Å². The number of aromatic nitrogens is 4. The van der Waals surface area contributed by atoms with Gasteiger partial charge in [-0.1, -0.05) is 11.3 Å². The van der Waals surface area contributed by atoms with Gasteiger partial charge in [-0.2, -0.15) is 0 Å². The number of anilines is 1. The van der Waals surface area contributed by atoms with E-state index < -0.39 is 0 Å². The van der Waals surface area contributed by atoms with E-state index in [9.17, 15) is 0 Å². The fraction of sp³-hybridized carbons (Fsp3) is 0.222. The highest BCUT2D eigenvalue weighted by atomic mass is 79.9. The maximum Gasteiger partial charge on any atom is 0.157 e. The fourth-order valence-electron chi connectivity index (χ4n) is 1.31. The molecule has 0 aromatic carbocycles. The van der Waals surface area contributed by atoms with Gasteiger partial charge in [-0.05, 0) is 28.1 Å². The summed E-state index contributed by atoms with van der Waals surface area (Å²) in [6, 6.07) is 5.76. The first-order chi connectivity index (χ1) is 7.22. The standard InChI is InChI=1S/C9H10BrN5/c1-11-7-5-3-4-6(12-7)8-9(10)13-14-15(8)2/h3-5H,1-2H3,(H,11,12). The normalized spacial score (nSPS) is 10.3. The monoisotopic (exact) mass is 267 g/mol. The molecule has 0 atom stereocenters. The molecule has 0 saturated carbocycles. The lowest BCUT2D eigenvalue weighted by molar-refractivity contribution is 0.718. The molecule has 0 saturated heterocycles. The molecule has 78 valence electrons. The largest absolute Gasteiger partial charge is 0.373 e. The summed E-state index contributed by atoms with van der Waals surface area (Å²) in [5.74, 6) is 0.820. The molecule has 2 rings (SSSR count). The minimum absolute atomic E-state index is 0.700. The molecule has 1 N–H and O–H groups in total. The van der Waals surface area contributed by atoms with E-state index in [0.717, 1.165) is 17.2 Å². The number of hydrogen-bond acceptors (Lipinski definition) is 4. The molecule has 2 aromatic rings. The molecule has 0 aliphatic heterocycles. The van der Waals surface area contributed by atoms with Gasteiger partial charge in [-0.25, -0.2) is 9.67 Å². The van der Waals surface area contributed by atoms with Crippen LogP contribution in [0, 0.1) is 0 Å². The summed E-state index contributed by atoms with van der Waals surface area (Å²) in [6.07, 6.45) is 0. The summed E-state index contributed by atoms with van der Waals surface area (Å²) in [6.45, 7) is 0. The Labute approximate surface area is 95.7 Å². The lowest BCUT2D eigenvalue weighted by atomic mass is 10.3. The maximum absolute atomic E-state index is 4.41. The van der Waals surface area contributed by atoms with E-state index in [2.05, 4.69) is 36.5 Å². The molecule has 0 aliphatic carbocycles. The second kappa shape index (κ2) is 3.98. The van der Waals surface area contributed by atoms with Crippen molar-refractivity contribution in [3.8, 4) is 11.4 Å². The van der Waals surface area contributed by atoms with E-state index in [4.69, 9.17) is 0 Å². The van der Waals surface area contributed by atoms with Gasteiger partial charge in [0.2, 0.25) is 0 Å². The Hall–Kier alpha value is -1.43. The average molecular weight is 268 g/mol. The number of nitrogens with one attached hydrogen (secondary N) is 1. The van der Waals surface area contributed by atoms with Gasteiger partial charge >= 0.3 is 0 Å². The lowest BCUT2D eigenvalue weighted by Crippen LogP contribution is -1.98. The minimum Gasteiger partial charge on any atom is -0.373 e. The molecule has 0 unspecified atom stereocenters. The van der Waals surface area contributed by atoms with Gasteiger partial charge in [0, 0.05) is 14.1 Å². The second-order valence-corrected chi connectivity index (χ2v) is 3.76. The van der Waals surface area contributed by atoms with E-state index in [0.29, 0.717) is 4.60 Å². The zero-order chi connectivity index (χ0) is 10.8. The zero-order valence-electron chi connectivity index (χ0n) is 8.40. The van der Waals surface area contributed by atoms with Crippen molar-refractivity contribution < 1.29 is 0 Å². The minimum atomic E-state index is 0.700. The highest BCUT2D eigenvalue weighted by molar-refractivity contribution is 9.10. The van der Waals surface area contributed by atoms with Gasteiger partial charge in [0.1, 0.15) is 11.5 Å². The third kappa shape index (κ3) is 1.85. The van der Waals surface area contributed by atoms with Crippen molar-refractivity contribution >= 4 is 21.7 Å². The Morgan fingerprint density at radius 3 is 2.80 bits per heavy atom. The van der Waals surface area contributed by atoms with Crippen LogP contribution in [-0.4, -0.2) is 27.0 Å². The van der Waals surface area contributed by atoms with Crippen molar-refractivity contribution in [3.05, 3.63) is 22.8 Å². The lowest BCUT2D eigenvalue weighted by Gasteiger charge is -2.03. The number of halogens is 1. The molecule has 0 radical (unpaired) electrons. The summed E-state index contributed by atoms with van der Waals surface area (Å²) in [5.41, 5.74) is 1.70. The Bertz CT molecular complexity index is 460. The second-order valence-electron chi connectivity index (χ2n) is 3.01. The SMILES string of the molecule is CNc1cccc(-c2c(Br)nnn2C)n1. The first kappa shape index (κ1) is 10.1. The van der Waals surface area contributed by atoms with Crippen LogP contribution in [0.1, 0.15) is 0 Å². The zero-order valence-corrected chi connectivity index (χ0v) is 9.98. The Kier molecular flexibility index (Phi) is 2.68. The number of rotatable bonds is 2. The molecular weight excluding hydrogens is 258 g/mol. The van der Waals surface area contributed by atoms with Crippen molar-refractivity contribution in [2.45, 2.75) is 0 Å². The van der Waals surface area contributed by atoms with Crippen LogP contribution in [0.15, 0.2) is 22.8 Å². The van der Waals surface area contributed by atoms with Crippen LogP contribution in [0.4, 0.5) is 5.82 Å². The molecular formula is C9H10BrN5. The first-order valence-electron chi connectivity index (χ1n) is 4.42. The van der Waals surface area contributed by atoms with Crippen LogP contribution in [0.2, 0.25) is 0 Å². The Morgan fingerprint density at radius 1 is 1.40 bits per heavy atom. The molecule has 15 heavy (non-hydrogen) atoms. The van der Waals surface area contributed by atoms with Crippen molar-refractivity contribution in [2.75, 3.05) is 12.4 Å². The van der Waals surface area contributed by atoms with Crippen molar-refractivity contribution in [2.24, 2.45) is 7.05 Å². The summed E-state index contributed by atoms with van der Waals surface area (Å²) in [5, 5.41) is 10.8. The van der Waals surface area contributed by atoms with Crippen molar-refractivity contribution in [1.82, 2.24) is 20.0 Å². The average Bonchev–Trinajstić information content (AvgIpc) is 2.59. The smallest absolute Gasteiger partial charge is 0.157 e. The van der Waals surface area contributed by atoms with Crippen LogP contribution in [0.5, 0.6) is 0 Å². The topological polar surface area (TPSA) is 55.6 Å². The van der Waals surface area contributed by atoms with Crippen LogP contribution >= 0.6 is 15.9 Å². The molecule has 0 aliphatic rings. The third-order valence-electron chi connectivity index (χ3n) is 2.03. The van der Waals surface area contributed by atoms with Gasteiger partial charge in [-0.15, -0.1) is 5.10 Å². The predicted octanol–water partition coefficient (Wildman–Crippen LogP) is 1.68. The third-order valence-corrected chi connectivity index (χ3v) is 2.57. The van der Waals surface area contributed by atoms with Gasteiger partial charge in [0.15, 0.2) is 4.60 Å². The highest BCUT2D eigenvalue weighted by Gasteiger charge is 2.11. The summed E-state index contributed by atoms with van der Waals surface area (Å²) in [7, 11) is 3.67. The van der Waals surface area contributed by atoms with Crippen molar-refractivity contribution in [3.63, 3.8) is 0 Å². The molecule has 0 spiro atoms. The molecule has 0 fully saturated rings. The molecule has 6 heteroatoms. The Balaban J connectivity index is 2.53. The summed E-state index contributed by atoms with van der Waals surface area (Å²) < 4.78 is 2.39. The number of nitrogens with zero attached hydrogens (tertiary/aromatic N) is 4. The highest BCUT2D eigenvalue weighted by Crippen LogP contribution is 2.24. The quantitative estimate of drug-likeness (QED) is 0.900. The predicted molar refractivity (Wildman–Crippen MR) is 61.5 cm³/mol. The van der Waals surface area contributed by atoms with Gasteiger partial charge in [0.05, 0.1) is 5.69 Å². The number of aryl methyl sites for hydroxylation is 1.